The van der Waals surface area contributed by atoms with E-state index in [-0.39, 0.29) is 47.1 Å². The zero-order valence-corrected chi connectivity index (χ0v) is 7.47. The van der Waals surface area contributed by atoms with E-state index in [1.807, 2.05) is 0 Å². The van der Waals surface area contributed by atoms with Gasteiger partial charge in [-0.1, -0.05) is 0 Å². The van der Waals surface area contributed by atoms with Crippen LogP contribution in [0.4, 0.5) is 0 Å². The summed E-state index contributed by atoms with van der Waals surface area (Å²) in [5.74, 6) is -0.767. The number of aliphatic carboxylic acids is 1. The van der Waals surface area contributed by atoms with Crippen molar-refractivity contribution in [2.75, 3.05) is 6.54 Å². The average Bonchev–Trinajstić information content (AvgIpc) is 2.41. The molecule has 2 N–H and O–H groups in total. The fraction of sp³-hybridized carbons (Fsp3) is 0.800. The fourth-order valence-electron chi connectivity index (χ4n) is 0.519. The summed E-state index contributed by atoms with van der Waals surface area (Å²) in [6.45, 7) is 0.116. The van der Waals surface area contributed by atoms with Gasteiger partial charge in [0.2, 0.25) is 0 Å². The van der Waals surface area contributed by atoms with E-state index in [1.165, 1.54) is 0 Å². The minimum absolute atomic E-state index is 0. The second-order valence-corrected chi connectivity index (χ2v) is 2.05. The van der Waals surface area contributed by atoms with Crippen molar-refractivity contribution in [3.8, 4) is 0 Å². The summed E-state index contributed by atoms with van der Waals surface area (Å²) in [5.41, 5.74) is 0. The van der Waals surface area contributed by atoms with E-state index in [1.54, 1.807) is 0 Å². The van der Waals surface area contributed by atoms with Gasteiger partial charge in [-0.3, -0.25) is 4.79 Å². The van der Waals surface area contributed by atoms with Crippen molar-refractivity contribution in [3.05, 3.63) is 0 Å². The largest absolute Gasteiger partial charge is 2.00 e. The topological polar surface area (TPSA) is 49.3 Å². The molecule has 0 aliphatic heterocycles. The van der Waals surface area contributed by atoms with E-state index in [9.17, 15) is 4.79 Å². The predicted molar refractivity (Wildman–Crippen MR) is 36.6 cm³/mol. The van der Waals surface area contributed by atoms with Crippen LogP contribution in [0.5, 0.6) is 0 Å². The van der Waals surface area contributed by atoms with Crippen LogP contribution in [0.15, 0.2) is 0 Å². The van der Waals surface area contributed by atoms with Crippen molar-refractivity contribution in [2.45, 2.75) is 18.9 Å². The van der Waals surface area contributed by atoms with Gasteiger partial charge in [-0.25, -0.2) is 0 Å². The summed E-state index contributed by atoms with van der Waals surface area (Å²) in [6.07, 6.45) is 2.29. The molecule has 50 valence electrons. The van der Waals surface area contributed by atoms with Gasteiger partial charge in [-0.15, -0.1) is 0 Å². The van der Waals surface area contributed by atoms with Gasteiger partial charge in [0.15, 0.2) is 0 Å². The van der Waals surface area contributed by atoms with Gasteiger partial charge in [0.05, 0.1) is 6.54 Å². The maximum absolute atomic E-state index is 9.87. The first-order valence-electron chi connectivity index (χ1n) is 2.74. The Bertz CT molecular complexity index is 111. The summed E-state index contributed by atoms with van der Waals surface area (Å²) in [7, 11) is 0. The van der Waals surface area contributed by atoms with Crippen molar-refractivity contribution in [2.24, 2.45) is 0 Å². The molecule has 0 aromatic rings. The second-order valence-electron chi connectivity index (χ2n) is 2.05. The van der Waals surface area contributed by atoms with Crippen LogP contribution in [0.3, 0.4) is 0 Å². The second kappa shape index (κ2) is 4.50. The SMILES string of the molecule is O=C(O)CNC1CC1.[Ca+2].[H-].[H-]. The smallest absolute Gasteiger partial charge is 1.00 e. The van der Waals surface area contributed by atoms with Crippen LogP contribution in [0.25, 0.3) is 0 Å². The van der Waals surface area contributed by atoms with Gasteiger partial charge in [0.25, 0.3) is 0 Å². The summed E-state index contributed by atoms with van der Waals surface area (Å²) in [4.78, 5) is 9.87. The normalized spacial score (nSPS) is 16.4. The molecular weight excluding hydrogens is 146 g/mol. The third-order valence-corrected chi connectivity index (χ3v) is 1.12. The zero-order valence-electron chi connectivity index (χ0n) is 7.26. The van der Waals surface area contributed by atoms with Gasteiger partial charge in [-0.05, 0) is 12.8 Å². The molecule has 0 bridgehead atoms. The molecule has 1 rings (SSSR count). The number of carbonyl (C=O) groups is 1. The zero-order chi connectivity index (χ0) is 5.98. The Hall–Kier alpha value is 0.690. The summed E-state index contributed by atoms with van der Waals surface area (Å²) in [5, 5.41) is 11.0. The van der Waals surface area contributed by atoms with Crippen molar-refractivity contribution in [1.82, 2.24) is 5.32 Å². The Kier molecular flexibility index (Phi) is 4.84. The first-order chi connectivity index (χ1) is 3.79. The van der Waals surface area contributed by atoms with E-state index in [2.05, 4.69) is 5.32 Å². The van der Waals surface area contributed by atoms with Gasteiger partial charge in [0.1, 0.15) is 0 Å². The molecule has 0 spiro atoms. The molecule has 0 amide bonds. The van der Waals surface area contributed by atoms with E-state index >= 15 is 0 Å². The van der Waals surface area contributed by atoms with Crippen molar-refractivity contribution in [3.63, 3.8) is 0 Å². The molecule has 0 radical (unpaired) electrons. The Morgan fingerprint density at radius 2 is 2.33 bits per heavy atom. The van der Waals surface area contributed by atoms with E-state index in [0.29, 0.717) is 6.04 Å². The van der Waals surface area contributed by atoms with E-state index in [0.717, 1.165) is 12.8 Å². The Morgan fingerprint density at radius 1 is 1.78 bits per heavy atom. The molecule has 4 heteroatoms. The van der Waals surface area contributed by atoms with Crippen LogP contribution in [-0.4, -0.2) is 61.4 Å². The third kappa shape index (κ3) is 5.15. The molecule has 0 saturated heterocycles. The molecule has 1 aliphatic rings. The molecule has 0 heterocycles. The summed E-state index contributed by atoms with van der Waals surface area (Å²) in [6, 6.07) is 0.506. The molecule has 1 saturated carbocycles. The number of hydrogen-bond acceptors (Lipinski definition) is 2. The summed E-state index contributed by atoms with van der Waals surface area (Å²) < 4.78 is 0. The van der Waals surface area contributed by atoms with Gasteiger partial charge in [-0.2, -0.15) is 0 Å². The van der Waals surface area contributed by atoms with Crippen LogP contribution < -0.4 is 5.32 Å². The maximum Gasteiger partial charge on any atom is 2.00 e. The molecule has 1 aliphatic carbocycles. The molecule has 0 aromatic heterocycles. The van der Waals surface area contributed by atoms with Crippen molar-refractivity contribution in [1.29, 1.82) is 0 Å². The fourth-order valence-corrected chi connectivity index (χ4v) is 0.519. The molecule has 0 aromatic carbocycles. The molecule has 0 unspecified atom stereocenters. The first kappa shape index (κ1) is 9.69. The molecule has 0 atom stereocenters. The quantitative estimate of drug-likeness (QED) is 0.551. The molecule has 9 heavy (non-hydrogen) atoms. The Labute approximate surface area is 86.8 Å². The van der Waals surface area contributed by atoms with Gasteiger partial charge >= 0.3 is 43.7 Å². The monoisotopic (exact) mass is 157 g/mol. The summed E-state index contributed by atoms with van der Waals surface area (Å²) >= 11 is 0. The number of carboxylic acids is 1. The number of carboxylic acid groups (broad SMARTS) is 1. The Morgan fingerprint density at radius 3 is 2.67 bits per heavy atom. The molecule has 3 nitrogen and oxygen atoms in total. The number of nitrogens with one attached hydrogen (secondary N) is 1. The first-order valence-corrected chi connectivity index (χ1v) is 2.74. The average molecular weight is 157 g/mol. The van der Waals surface area contributed by atoms with Gasteiger partial charge < -0.3 is 13.3 Å². The third-order valence-electron chi connectivity index (χ3n) is 1.12. The maximum atomic E-state index is 9.87. The molecular formula is C5H11CaNO2. The number of hydrogen-bond donors (Lipinski definition) is 2. The van der Waals surface area contributed by atoms with Crippen LogP contribution in [0.1, 0.15) is 15.7 Å². The van der Waals surface area contributed by atoms with E-state index < -0.39 is 5.97 Å². The van der Waals surface area contributed by atoms with E-state index in [4.69, 9.17) is 5.11 Å². The standard InChI is InChI=1S/C5H9NO2.Ca.2H/c7-5(8)3-6-4-1-2-4;;;/h4,6H,1-3H2,(H,7,8);;;/q;+2;2*-1. The van der Waals surface area contributed by atoms with Crippen LogP contribution in [0.2, 0.25) is 0 Å². The minimum Gasteiger partial charge on any atom is -1.00 e. The predicted octanol–water partition coefficient (Wildman–Crippen LogP) is -0.333. The van der Waals surface area contributed by atoms with Crippen molar-refractivity contribution < 1.29 is 12.8 Å². The number of rotatable bonds is 3. The molecule has 1 fully saturated rings. The minimum atomic E-state index is -0.767. The van der Waals surface area contributed by atoms with Gasteiger partial charge in [0, 0.05) is 6.04 Å². The van der Waals surface area contributed by atoms with Crippen LogP contribution in [-0.2, 0) is 4.79 Å². The van der Waals surface area contributed by atoms with Crippen molar-refractivity contribution >= 4 is 43.7 Å². The van der Waals surface area contributed by atoms with Crippen LogP contribution in [0, 0.1) is 0 Å². The van der Waals surface area contributed by atoms with Crippen LogP contribution >= 0.6 is 0 Å². The Balaban J connectivity index is -0.000000213.